The molecule has 0 aliphatic carbocycles. The fraction of sp³-hybridized carbons (Fsp3) is 0.278. The predicted molar refractivity (Wildman–Crippen MR) is 97.6 cm³/mol. The fourth-order valence-electron chi connectivity index (χ4n) is 2.92. The third kappa shape index (κ3) is 4.16. The highest BCUT2D eigenvalue weighted by Crippen LogP contribution is 2.31. The van der Waals surface area contributed by atoms with Gasteiger partial charge in [-0.3, -0.25) is 4.79 Å². The van der Waals surface area contributed by atoms with E-state index in [0.29, 0.717) is 16.7 Å². The molecule has 0 spiro atoms. The molecular formula is C18H16ClF3N2O3S. The zero-order valence-electron chi connectivity index (χ0n) is 14.5. The van der Waals surface area contributed by atoms with Crippen LogP contribution in [0, 0.1) is 0 Å². The lowest BCUT2D eigenvalue weighted by atomic mass is 10.2. The van der Waals surface area contributed by atoms with Crippen LogP contribution in [0.4, 0.5) is 13.2 Å². The van der Waals surface area contributed by atoms with E-state index < -0.39 is 26.7 Å². The monoisotopic (exact) mass is 432 g/mol. The van der Waals surface area contributed by atoms with Gasteiger partial charge in [-0.25, -0.2) is 8.42 Å². The fourth-order valence-corrected chi connectivity index (χ4v) is 4.60. The molecular weight excluding hydrogens is 417 g/mol. The number of carbonyl (C=O) groups excluding carboxylic acids is 1. The summed E-state index contributed by atoms with van der Waals surface area (Å²) < 4.78 is 65.1. The number of hydrogen-bond acceptors (Lipinski definition) is 3. The van der Waals surface area contributed by atoms with Gasteiger partial charge in [0, 0.05) is 26.2 Å². The molecule has 2 aromatic rings. The van der Waals surface area contributed by atoms with Gasteiger partial charge in [-0.15, -0.1) is 0 Å². The maximum absolute atomic E-state index is 12.9. The zero-order valence-corrected chi connectivity index (χ0v) is 16.1. The Balaban J connectivity index is 1.74. The Kier molecular flexibility index (Phi) is 5.69. The number of benzene rings is 2. The maximum Gasteiger partial charge on any atom is 0.416 e. The molecule has 28 heavy (non-hydrogen) atoms. The molecule has 150 valence electrons. The van der Waals surface area contributed by atoms with Crippen molar-refractivity contribution in [3.05, 3.63) is 64.7 Å². The van der Waals surface area contributed by atoms with Gasteiger partial charge in [0.15, 0.2) is 0 Å². The lowest BCUT2D eigenvalue weighted by molar-refractivity contribution is -0.137. The summed E-state index contributed by atoms with van der Waals surface area (Å²) in [5, 5.41) is 0.298. The van der Waals surface area contributed by atoms with Gasteiger partial charge in [-0.05, 0) is 30.3 Å². The second kappa shape index (κ2) is 7.73. The van der Waals surface area contributed by atoms with Crippen LogP contribution in [0.15, 0.2) is 53.4 Å². The Morgan fingerprint density at radius 2 is 1.61 bits per heavy atom. The number of halogens is 4. The van der Waals surface area contributed by atoms with Crippen LogP contribution in [0.25, 0.3) is 0 Å². The molecule has 0 N–H and O–H groups in total. The van der Waals surface area contributed by atoms with Crippen LogP contribution in [0.3, 0.4) is 0 Å². The first-order valence-corrected chi connectivity index (χ1v) is 10.1. The summed E-state index contributed by atoms with van der Waals surface area (Å²) in [4.78, 5) is 13.6. The summed E-state index contributed by atoms with van der Waals surface area (Å²) in [6.45, 7) is 0.189. The quantitative estimate of drug-likeness (QED) is 0.745. The van der Waals surface area contributed by atoms with Crippen LogP contribution in [-0.2, 0) is 16.2 Å². The molecule has 5 nitrogen and oxygen atoms in total. The van der Waals surface area contributed by atoms with Gasteiger partial charge >= 0.3 is 6.18 Å². The highest BCUT2D eigenvalue weighted by molar-refractivity contribution is 7.89. The highest BCUT2D eigenvalue weighted by atomic mass is 35.5. The average Bonchev–Trinajstić information content (AvgIpc) is 2.67. The molecule has 1 heterocycles. The van der Waals surface area contributed by atoms with Crippen molar-refractivity contribution < 1.29 is 26.4 Å². The van der Waals surface area contributed by atoms with E-state index in [1.165, 1.54) is 4.90 Å². The average molecular weight is 433 g/mol. The van der Waals surface area contributed by atoms with Gasteiger partial charge in [-0.1, -0.05) is 29.8 Å². The van der Waals surface area contributed by atoms with Crippen LogP contribution >= 0.6 is 11.6 Å². The second-order valence-corrected chi connectivity index (χ2v) is 8.55. The van der Waals surface area contributed by atoms with E-state index in [9.17, 15) is 26.4 Å². The number of piperazine rings is 1. The van der Waals surface area contributed by atoms with Crippen LogP contribution < -0.4 is 0 Å². The van der Waals surface area contributed by atoms with Crippen LogP contribution in [0.5, 0.6) is 0 Å². The standard InChI is InChI=1S/C18H16ClF3N2O3S/c19-16-7-2-1-6-15(16)17(25)23-8-10-24(11-9-23)28(26,27)14-5-3-4-13(12-14)18(20,21)22/h1-7,12H,8-11H2. The van der Waals surface area contributed by atoms with Gasteiger partial charge in [0.25, 0.3) is 5.91 Å². The zero-order chi connectivity index (χ0) is 20.5. The van der Waals surface area contributed by atoms with Crippen LogP contribution in [-0.4, -0.2) is 49.7 Å². The van der Waals surface area contributed by atoms with Gasteiger partial charge in [0.2, 0.25) is 10.0 Å². The Bertz CT molecular complexity index is 988. The van der Waals surface area contributed by atoms with E-state index in [1.54, 1.807) is 24.3 Å². The van der Waals surface area contributed by atoms with E-state index in [2.05, 4.69) is 0 Å². The molecule has 0 bridgehead atoms. The summed E-state index contributed by atoms with van der Waals surface area (Å²) in [5.74, 6) is -0.318. The number of carbonyl (C=O) groups is 1. The Morgan fingerprint density at radius 3 is 2.21 bits per heavy atom. The highest BCUT2D eigenvalue weighted by Gasteiger charge is 2.34. The van der Waals surface area contributed by atoms with Crippen LogP contribution in [0.1, 0.15) is 15.9 Å². The molecule has 1 aliphatic heterocycles. The van der Waals surface area contributed by atoms with Crippen molar-refractivity contribution >= 4 is 27.5 Å². The number of rotatable bonds is 3. The minimum absolute atomic E-state index is 0.0191. The number of nitrogens with zero attached hydrogens (tertiary/aromatic N) is 2. The number of alkyl halides is 3. The minimum atomic E-state index is -4.63. The molecule has 0 radical (unpaired) electrons. The van der Waals surface area contributed by atoms with Crippen LogP contribution in [0.2, 0.25) is 5.02 Å². The SMILES string of the molecule is O=C(c1ccccc1Cl)N1CCN(S(=O)(=O)c2cccc(C(F)(F)F)c2)CC1. The van der Waals surface area contributed by atoms with Crippen molar-refractivity contribution in [1.29, 1.82) is 0 Å². The van der Waals surface area contributed by atoms with Gasteiger partial charge in [0.05, 0.1) is 21.0 Å². The lowest BCUT2D eigenvalue weighted by Crippen LogP contribution is -2.50. The van der Waals surface area contributed by atoms with E-state index in [-0.39, 0.29) is 32.1 Å². The van der Waals surface area contributed by atoms with E-state index in [4.69, 9.17) is 11.6 Å². The molecule has 1 saturated heterocycles. The van der Waals surface area contributed by atoms with Gasteiger partial charge in [0.1, 0.15) is 0 Å². The first-order valence-electron chi connectivity index (χ1n) is 8.32. The number of amides is 1. The third-order valence-corrected chi connectivity index (χ3v) is 6.65. The van der Waals surface area contributed by atoms with Crippen molar-refractivity contribution in [3.8, 4) is 0 Å². The summed E-state index contributed by atoms with van der Waals surface area (Å²) in [6, 6.07) is 10.2. The van der Waals surface area contributed by atoms with E-state index in [1.807, 2.05) is 0 Å². The minimum Gasteiger partial charge on any atom is -0.336 e. The third-order valence-electron chi connectivity index (χ3n) is 4.43. The van der Waals surface area contributed by atoms with Crippen molar-refractivity contribution in [1.82, 2.24) is 9.21 Å². The smallest absolute Gasteiger partial charge is 0.336 e. The number of hydrogen-bond donors (Lipinski definition) is 0. The molecule has 10 heteroatoms. The van der Waals surface area contributed by atoms with Crippen molar-refractivity contribution in [3.63, 3.8) is 0 Å². The molecule has 0 aromatic heterocycles. The lowest BCUT2D eigenvalue weighted by Gasteiger charge is -2.34. The summed E-state index contributed by atoms with van der Waals surface area (Å²) in [5.41, 5.74) is -0.709. The van der Waals surface area contributed by atoms with E-state index in [0.717, 1.165) is 22.5 Å². The molecule has 1 aliphatic rings. The van der Waals surface area contributed by atoms with Gasteiger partial charge < -0.3 is 4.90 Å². The van der Waals surface area contributed by atoms with Crippen molar-refractivity contribution in [2.75, 3.05) is 26.2 Å². The van der Waals surface area contributed by atoms with E-state index >= 15 is 0 Å². The molecule has 0 saturated carbocycles. The van der Waals surface area contributed by atoms with Crippen molar-refractivity contribution in [2.24, 2.45) is 0 Å². The normalized spacial score (nSPS) is 16.2. The van der Waals surface area contributed by atoms with Crippen molar-refractivity contribution in [2.45, 2.75) is 11.1 Å². The summed E-state index contributed by atoms with van der Waals surface area (Å²) in [7, 11) is -4.10. The Labute approximate surface area is 165 Å². The topological polar surface area (TPSA) is 57.7 Å². The number of sulfonamides is 1. The second-order valence-electron chi connectivity index (χ2n) is 6.20. The molecule has 1 fully saturated rings. The summed E-state index contributed by atoms with van der Waals surface area (Å²) in [6.07, 6.45) is -4.63. The summed E-state index contributed by atoms with van der Waals surface area (Å²) >= 11 is 6.03. The maximum atomic E-state index is 12.9. The van der Waals surface area contributed by atoms with Gasteiger partial charge in [-0.2, -0.15) is 17.5 Å². The first kappa shape index (κ1) is 20.6. The molecule has 2 aromatic carbocycles. The largest absolute Gasteiger partial charge is 0.416 e. The molecule has 0 atom stereocenters. The predicted octanol–water partition coefficient (Wildman–Crippen LogP) is 3.51. The Morgan fingerprint density at radius 1 is 0.964 bits per heavy atom. The molecule has 1 amide bonds. The Hall–Kier alpha value is -2.10. The molecule has 3 rings (SSSR count). The first-order chi connectivity index (χ1) is 13.1. The molecule has 0 unspecified atom stereocenters.